The molecule has 298 valence electrons. The predicted molar refractivity (Wildman–Crippen MR) is 265 cm³/mol. The van der Waals surface area contributed by atoms with Crippen molar-refractivity contribution < 1.29 is 0 Å². The summed E-state index contributed by atoms with van der Waals surface area (Å²) in [6.07, 6.45) is 0. The van der Waals surface area contributed by atoms with Crippen LogP contribution >= 0.6 is 0 Å². The molecule has 0 N–H and O–H groups in total. The summed E-state index contributed by atoms with van der Waals surface area (Å²) in [5.41, 5.74) is 11.9. The van der Waals surface area contributed by atoms with E-state index >= 15 is 0 Å². The van der Waals surface area contributed by atoms with E-state index in [1.165, 1.54) is 43.4 Å². The first-order valence-electron chi connectivity index (χ1n) is 21.7. The van der Waals surface area contributed by atoms with Gasteiger partial charge in [0.15, 0.2) is 11.6 Å². The molecule has 0 atom stereocenters. The van der Waals surface area contributed by atoms with E-state index in [9.17, 15) is 0 Å². The number of nitrogens with zero attached hydrogens (tertiary/aromatic N) is 5. The maximum atomic E-state index is 5.34. The van der Waals surface area contributed by atoms with Crippen LogP contribution in [0.3, 0.4) is 0 Å². The number of fused-ring (bicyclic) bond motifs is 10. The van der Waals surface area contributed by atoms with Gasteiger partial charge in [-0.05, 0) is 80.2 Å². The van der Waals surface area contributed by atoms with E-state index in [4.69, 9.17) is 15.0 Å². The van der Waals surface area contributed by atoms with Gasteiger partial charge in [0.05, 0.1) is 22.1 Å². The standard InChI is InChI=1S/C59H37N5/c1-3-13-38(14-4-1)40-23-27-44(28-24-40)57-60-58(45-29-25-41(26-30-45)39-15-5-2-6-16-39)62-59(61-57)64-52-36-33-46(37-50(52)56-48-20-10-8-18-43(48)32-35-54(56)64)63-51-22-12-11-21-49(51)55-47-19-9-7-17-42(47)31-34-53(55)63/h1-37H. The first-order valence-corrected chi connectivity index (χ1v) is 21.7. The highest BCUT2D eigenvalue weighted by Crippen LogP contribution is 2.41. The van der Waals surface area contributed by atoms with Crippen LogP contribution in [0.1, 0.15) is 0 Å². The summed E-state index contributed by atoms with van der Waals surface area (Å²) in [5, 5.41) is 9.63. The average Bonchev–Trinajstić information content (AvgIpc) is 3.90. The maximum Gasteiger partial charge on any atom is 0.238 e. The van der Waals surface area contributed by atoms with Crippen LogP contribution in [0.2, 0.25) is 0 Å². The Balaban J connectivity index is 1.05. The third kappa shape index (κ3) is 5.75. The predicted octanol–water partition coefficient (Wildman–Crippen LogP) is 15.0. The summed E-state index contributed by atoms with van der Waals surface area (Å²) < 4.78 is 4.65. The zero-order valence-electron chi connectivity index (χ0n) is 34.6. The van der Waals surface area contributed by atoms with E-state index in [0.717, 1.165) is 60.9 Å². The third-order valence-corrected chi connectivity index (χ3v) is 12.8. The normalized spacial score (nSPS) is 11.8. The van der Waals surface area contributed by atoms with E-state index < -0.39 is 0 Å². The van der Waals surface area contributed by atoms with Gasteiger partial charge in [-0.3, -0.25) is 4.57 Å². The largest absolute Gasteiger partial charge is 0.309 e. The fraction of sp³-hybridized carbons (Fsp3) is 0. The van der Waals surface area contributed by atoms with Gasteiger partial charge in [0, 0.05) is 38.4 Å². The van der Waals surface area contributed by atoms with E-state index in [1.807, 2.05) is 12.1 Å². The molecule has 13 aromatic rings. The summed E-state index contributed by atoms with van der Waals surface area (Å²) in [6, 6.07) is 79.8. The summed E-state index contributed by atoms with van der Waals surface area (Å²) in [5.74, 6) is 1.78. The van der Waals surface area contributed by atoms with Crippen LogP contribution in [0.25, 0.3) is 122 Å². The van der Waals surface area contributed by atoms with Crippen molar-refractivity contribution in [2.45, 2.75) is 0 Å². The molecule has 5 nitrogen and oxygen atoms in total. The van der Waals surface area contributed by atoms with Crippen molar-refractivity contribution in [2.24, 2.45) is 0 Å². The Morgan fingerprint density at radius 3 is 1.27 bits per heavy atom. The van der Waals surface area contributed by atoms with Gasteiger partial charge in [0.2, 0.25) is 5.95 Å². The lowest BCUT2D eigenvalue weighted by molar-refractivity contribution is 0.953. The monoisotopic (exact) mass is 815 g/mol. The number of para-hydroxylation sites is 1. The number of hydrogen-bond acceptors (Lipinski definition) is 3. The molecule has 64 heavy (non-hydrogen) atoms. The summed E-state index contributed by atoms with van der Waals surface area (Å²) in [4.78, 5) is 15.9. The van der Waals surface area contributed by atoms with Crippen LogP contribution in [0, 0.1) is 0 Å². The fourth-order valence-electron chi connectivity index (χ4n) is 9.76. The molecule has 0 radical (unpaired) electrons. The Hall–Kier alpha value is -8.67. The maximum absolute atomic E-state index is 5.34. The molecule has 0 amide bonds. The first-order chi connectivity index (χ1) is 31.7. The first kappa shape index (κ1) is 36.0. The molecule has 10 aromatic carbocycles. The summed E-state index contributed by atoms with van der Waals surface area (Å²) >= 11 is 0. The van der Waals surface area contributed by atoms with Crippen LogP contribution in [0.4, 0.5) is 0 Å². The van der Waals surface area contributed by atoms with Gasteiger partial charge in [0.1, 0.15) is 0 Å². The van der Waals surface area contributed by atoms with E-state index in [2.05, 4.69) is 221 Å². The highest BCUT2D eigenvalue weighted by Gasteiger charge is 2.22. The Labute approximate surface area is 368 Å². The van der Waals surface area contributed by atoms with Crippen LogP contribution in [-0.2, 0) is 0 Å². The molecule has 0 saturated carbocycles. The average molecular weight is 816 g/mol. The van der Waals surface area contributed by atoms with Gasteiger partial charge in [-0.25, -0.2) is 4.98 Å². The molecule has 0 bridgehead atoms. The Morgan fingerprint density at radius 1 is 0.266 bits per heavy atom. The Kier molecular flexibility index (Phi) is 8.15. The van der Waals surface area contributed by atoms with Crippen molar-refractivity contribution in [2.75, 3.05) is 0 Å². The van der Waals surface area contributed by atoms with Gasteiger partial charge >= 0.3 is 0 Å². The molecule has 0 aliphatic carbocycles. The van der Waals surface area contributed by atoms with E-state index in [1.54, 1.807) is 0 Å². The summed E-state index contributed by atoms with van der Waals surface area (Å²) in [7, 11) is 0. The number of benzene rings is 10. The van der Waals surface area contributed by atoms with Crippen LogP contribution in [0.5, 0.6) is 0 Å². The second kappa shape index (κ2) is 14.5. The number of aromatic nitrogens is 5. The van der Waals surface area contributed by atoms with Crippen molar-refractivity contribution in [3.63, 3.8) is 0 Å². The zero-order chi connectivity index (χ0) is 42.1. The molecular weight excluding hydrogens is 779 g/mol. The molecule has 13 rings (SSSR count). The van der Waals surface area contributed by atoms with Gasteiger partial charge in [0.25, 0.3) is 0 Å². The second-order valence-corrected chi connectivity index (χ2v) is 16.4. The van der Waals surface area contributed by atoms with Gasteiger partial charge in [-0.15, -0.1) is 0 Å². The Morgan fingerprint density at radius 2 is 0.688 bits per heavy atom. The van der Waals surface area contributed by atoms with Crippen LogP contribution < -0.4 is 0 Å². The lowest BCUT2D eigenvalue weighted by atomic mass is 10.0. The molecular formula is C59H37N5. The van der Waals surface area contributed by atoms with Gasteiger partial charge < -0.3 is 4.57 Å². The molecule has 5 heteroatoms. The highest BCUT2D eigenvalue weighted by atomic mass is 15.2. The molecule has 3 aromatic heterocycles. The quantitative estimate of drug-likeness (QED) is 0.168. The lowest BCUT2D eigenvalue weighted by Crippen LogP contribution is -2.06. The topological polar surface area (TPSA) is 48.5 Å². The molecule has 0 saturated heterocycles. The van der Waals surface area contributed by atoms with Crippen molar-refractivity contribution in [3.05, 3.63) is 224 Å². The van der Waals surface area contributed by atoms with E-state index in [0.29, 0.717) is 17.6 Å². The molecule has 0 spiro atoms. The molecule has 0 aliphatic heterocycles. The van der Waals surface area contributed by atoms with E-state index in [-0.39, 0.29) is 0 Å². The van der Waals surface area contributed by atoms with Crippen molar-refractivity contribution in [1.29, 1.82) is 0 Å². The fourth-order valence-corrected chi connectivity index (χ4v) is 9.76. The van der Waals surface area contributed by atoms with Crippen molar-refractivity contribution in [3.8, 4) is 56.7 Å². The Bertz CT molecular complexity index is 3820. The molecule has 0 fully saturated rings. The molecule has 3 heterocycles. The zero-order valence-corrected chi connectivity index (χ0v) is 34.6. The summed E-state index contributed by atoms with van der Waals surface area (Å²) in [6.45, 7) is 0. The third-order valence-electron chi connectivity index (χ3n) is 12.8. The van der Waals surface area contributed by atoms with Crippen LogP contribution in [0.15, 0.2) is 224 Å². The highest BCUT2D eigenvalue weighted by molar-refractivity contribution is 6.23. The minimum absolute atomic E-state index is 0.561. The lowest BCUT2D eigenvalue weighted by Gasteiger charge is -2.12. The van der Waals surface area contributed by atoms with Gasteiger partial charge in [-0.2, -0.15) is 9.97 Å². The van der Waals surface area contributed by atoms with Crippen LogP contribution in [-0.4, -0.2) is 24.1 Å². The number of rotatable bonds is 6. The SMILES string of the molecule is c1ccc(-c2ccc(-c3nc(-c4ccc(-c5ccccc5)cc4)nc(-n4c5ccc(-n6c7ccccc7c7c8ccccc8ccc76)cc5c5c6ccccc6ccc54)n3)cc2)cc1. The minimum Gasteiger partial charge on any atom is -0.309 e. The van der Waals surface area contributed by atoms with Crippen molar-refractivity contribution >= 4 is 65.2 Å². The molecule has 0 unspecified atom stereocenters. The van der Waals surface area contributed by atoms with Gasteiger partial charge in [-0.1, -0.05) is 188 Å². The second-order valence-electron chi connectivity index (χ2n) is 16.4. The minimum atomic E-state index is 0.561. The van der Waals surface area contributed by atoms with Crippen molar-refractivity contribution in [1.82, 2.24) is 24.1 Å². The smallest absolute Gasteiger partial charge is 0.238 e. The molecule has 0 aliphatic rings. The number of hydrogen-bond donors (Lipinski definition) is 0.